The maximum absolute atomic E-state index is 5.89. The first-order valence-corrected chi connectivity index (χ1v) is 9.80. The minimum Gasteiger partial charge on any atom is -0.440 e. The van der Waals surface area contributed by atoms with Crippen LogP contribution < -0.4 is 0 Å². The summed E-state index contributed by atoms with van der Waals surface area (Å²) in [5.74, 6) is 2.92. The first-order chi connectivity index (χ1) is 13.3. The van der Waals surface area contributed by atoms with Gasteiger partial charge in [0.25, 0.3) is 0 Å². The molecule has 7 heteroatoms. The molecular weight excluding hydrogens is 358 g/mol. The van der Waals surface area contributed by atoms with E-state index in [9.17, 15) is 0 Å². The Hall–Kier alpha value is -2.93. The summed E-state index contributed by atoms with van der Waals surface area (Å²) in [4.78, 5) is 8.47. The fourth-order valence-corrected chi connectivity index (χ4v) is 3.59. The number of oxazole rings is 1. The summed E-state index contributed by atoms with van der Waals surface area (Å²) in [5, 5.41) is 9.62. The molecule has 0 aliphatic carbocycles. The Morgan fingerprint density at radius 2 is 1.81 bits per heavy atom. The van der Waals surface area contributed by atoms with Gasteiger partial charge in [0.15, 0.2) is 16.7 Å². The normalized spacial score (nSPS) is 11.0. The highest BCUT2D eigenvalue weighted by Crippen LogP contribution is 2.28. The van der Waals surface area contributed by atoms with Crippen LogP contribution in [-0.4, -0.2) is 24.7 Å². The molecule has 0 aliphatic heterocycles. The van der Waals surface area contributed by atoms with E-state index in [1.54, 1.807) is 30.4 Å². The Morgan fingerprint density at radius 1 is 1.00 bits per heavy atom. The number of thioether (sulfide) groups is 1. The molecule has 0 bridgehead atoms. The van der Waals surface area contributed by atoms with Crippen LogP contribution in [0.1, 0.15) is 19.2 Å². The average Bonchev–Trinajstić information content (AvgIpc) is 3.35. The second-order valence-corrected chi connectivity index (χ2v) is 6.91. The van der Waals surface area contributed by atoms with Crippen LogP contribution in [0.2, 0.25) is 0 Å². The van der Waals surface area contributed by atoms with E-state index in [4.69, 9.17) is 4.42 Å². The number of aromatic nitrogens is 5. The monoisotopic (exact) mass is 377 g/mol. The molecule has 3 aromatic heterocycles. The predicted molar refractivity (Wildman–Crippen MR) is 105 cm³/mol. The average molecular weight is 377 g/mol. The molecule has 0 N–H and O–H groups in total. The zero-order chi connectivity index (χ0) is 18.5. The zero-order valence-electron chi connectivity index (χ0n) is 14.9. The smallest absolute Gasteiger partial charge is 0.205 e. The van der Waals surface area contributed by atoms with Gasteiger partial charge in [-0.1, -0.05) is 49.0 Å². The number of nitrogens with zero attached hydrogens (tertiary/aromatic N) is 5. The Labute approximate surface area is 161 Å². The molecule has 27 heavy (non-hydrogen) atoms. The summed E-state index contributed by atoms with van der Waals surface area (Å²) in [5.41, 5.74) is 2.04. The maximum atomic E-state index is 5.89. The maximum Gasteiger partial charge on any atom is 0.205 e. The number of hydrogen-bond acceptors (Lipinski definition) is 6. The summed E-state index contributed by atoms with van der Waals surface area (Å²) >= 11 is 1.58. The van der Waals surface area contributed by atoms with Crippen LogP contribution in [-0.2, 0) is 12.3 Å². The molecular formula is C20H19N5OS. The van der Waals surface area contributed by atoms with Gasteiger partial charge in [0.05, 0.1) is 11.9 Å². The summed E-state index contributed by atoms with van der Waals surface area (Å²) in [6.45, 7) is 3.00. The van der Waals surface area contributed by atoms with Crippen LogP contribution in [0.25, 0.3) is 22.7 Å². The van der Waals surface area contributed by atoms with Crippen LogP contribution in [0.4, 0.5) is 0 Å². The van der Waals surface area contributed by atoms with Crippen molar-refractivity contribution < 1.29 is 4.42 Å². The van der Waals surface area contributed by atoms with Gasteiger partial charge in [-0.25, -0.2) is 4.98 Å². The lowest BCUT2D eigenvalue weighted by molar-refractivity contribution is 0.529. The van der Waals surface area contributed by atoms with Crippen molar-refractivity contribution in [2.45, 2.75) is 30.8 Å². The van der Waals surface area contributed by atoms with Crippen LogP contribution >= 0.6 is 11.8 Å². The standard InChI is InChI=1S/C20H19N5OS/c1-2-12-25-19(16-8-10-21-11-9-16)23-24-20(25)27-14-18-22-13-17(26-18)15-6-4-3-5-7-15/h3-11,13H,2,12,14H2,1H3. The number of rotatable bonds is 7. The highest BCUT2D eigenvalue weighted by atomic mass is 32.2. The summed E-state index contributed by atoms with van der Waals surface area (Å²) in [6.07, 6.45) is 6.31. The van der Waals surface area contributed by atoms with E-state index in [2.05, 4.69) is 31.7 Å². The van der Waals surface area contributed by atoms with E-state index in [0.29, 0.717) is 11.6 Å². The molecule has 0 aliphatic rings. The van der Waals surface area contributed by atoms with Gasteiger partial charge in [-0.05, 0) is 18.6 Å². The van der Waals surface area contributed by atoms with Gasteiger partial charge in [0, 0.05) is 30.1 Å². The Balaban J connectivity index is 1.52. The summed E-state index contributed by atoms with van der Waals surface area (Å²) in [7, 11) is 0. The molecule has 4 aromatic rings. The first-order valence-electron chi connectivity index (χ1n) is 8.81. The van der Waals surface area contributed by atoms with E-state index in [1.807, 2.05) is 42.5 Å². The molecule has 0 radical (unpaired) electrons. The van der Waals surface area contributed by atoms with Crippen molar-refractivity contribution in [2.24, 2.45) is 0 Å². The molecule has 0 spiro atoms. The van der Waals surface area contributed by atoms with Crippen molar-refractivity contribution in [1.82, 2.24) is 24.7 Å². The second-order valence-electron chi connectivity index (χ2n) is 5.97. The second kappa shape index (κ2) is 8.18. The number of benzene rings is 1. The van der Waals surface area contributed by atoms with Crippen molar-refractivity contribution >= 4 is 11.8 Å². The quantitative estimate of drug-likeness (QED) is 0.435. The Kier molecular flexibility index (Phi) is 5.29. The van der Waals surface area contributed by atoms with Crippen LogP contribution in [0.5, 0.6) is 0 Å². The van der Waals surface area contributed by atoms with E-state index in [-0.39, 0.29) is 0 Å². The van der Waals surface area contributed by atoms with Gasteiger partial charge in [0.2, 0.25) is 5.89 Å². The van der Waals surface area contributed by atoms with Gasteiger partial charge < -0.3 is 8.98 Å². The third-order valence-corrected chi connectivity index (χ3v) is 4.99. The predicted octanol–water partition coefficient (Wildman–Crippen LogP) is 4.70. The minimum absolute atomic E-state index is 0.602. The number of pyridine rings is 1. The third kappa shape index (κ3) is 3.93. The lowest BCUT2D eigenvalue weighted by atomic mass is 10.2. The molecule has 3 heterocycles. The Bertz CT molecular complexity index is 998. The van der Waals surface area contributed by atoms with Gasteiger partial charge in [-0.3, -0.25) is 4.98 Å². The molecule has 0 fully saturated rings. The first kappa shape index (κ1) is 17.5. The summed E-state index contributed by atoms with van der Waals surface area (Å²) in [6, 6.07) is 13.9. The van der Waals surface area contributed by atoms with Crippen molar-refractivity contribution in [3.05, 3.63) is 66.9 Å². The highest BCUT2D eigenvalue weighted by molar-refractivity contribution is 7.98. The van der Waals surface area contributed by atoms with Crippen LogP contribution in [0.15, 0.2) is 70.6 Å². The highest BCUT2D eigenvalue weighted by Gasteiger charge is 2.15. The SMILES string of the molecule is CCCn1c(SCc2ncc(-c3ccccc3)o2)nnc1-c1ccncc1. The Morgan fingerprint density at radius 3 is 2.59 bits per heavy atom. The fourth-order valence-electron chi connectivity index (χ4n) is 2.77. The molecule has 0 amide bonds. The minimum atomic E-state index is 0.602. The topological polar surface area (TPSA) is 69.6 Å². The molecule has 6 nitrogen and oxygen atoms in total. The van der Waals surface area contributed by atoms with Crippen molar-refractivity contribution in [1.29, 1.82) is 0 Å². The van der Waals surface area contributed by atoms with Gasteiger partial charge in [0.1, 0.15) is 0 Å². The fraction of sp³-hybridized carbons (Fsp3) is 0.200. The van der Waals surface area contributed by atoms with Gasteiger partial charge in [-0.2, -0.15) is 0 Å². The van der Waals surface area contributed by atoms with Crippen LogP contribution in [0.3, 0.4) is 0 Å². The molecule has 1 aromatic carbocycles. The number of hydrogen-bond donors (Lipinski definition) is 0. The molecule has 136 valence electrons. The zero-order valence-corrected chi connectivity index (χ0v) is 15.8. The van der Waals surface area contributed by atoms with E-state index in [0.717, 1.165) is 40.8 Å². The van der Waals surface area contributed by atoms with Crippen molar-refractivity contribution in [3.63, 3.8) is 0 Å². The van der Waals surface area contributed by atoms with Gasteiger partial charge in [-0.15, -0.1) is 10.2 Å². The lowest BCUT2D eigenvalue weighted by Gasteiger charge is -2.08. The molecule has 0 unspecified atom stereocenters. The molecule has 0 atom stereocenters. The molecule has 4 rings (SSSR count). The van der Waals surface area contributed by atoms with E-state index < -0.39 is 0 Å². The molecule has 0 saturated carbocycles. The summed E-state index contributed by atoms with van der Waals surface area (Å²) < 4.78 is 8.02. The van der Waals surface area contributed by atoms with Crippen molar-refractivity contribution in [2.75, 3.05) is 0 Å². The molecule has 0 saturated heterocycles. The van der Waals surface area contributed by atoms with Gasteiger partial charge >= 0.3 is 0 Å². The van der Waals surface area contributed by atoms with Crippen molar-refractivity contribution in [3.8, 4) is 22.7 Å². The van der Waals surface area contributed by atoms with E-state index >= 15 is 0 Å². The third-order valence-electron chi connectivity index (χ3n) is 4.04. The lowest BCUT2D eigenvalue weighted by Crippen LogP contribution is -2.02. The van der Waals surface area contributed by atoms with E-state index in [1.165, 1.54) is 0 Å². The van der Waals surface area contributed by atoms with Crippen LogP contribution in [0, 0.1) is 0 Å². The largest absolute Gasteiger partial charge is 0.440 e.